The molecule has 0 heterocycles. The summed E-state index contributed by atoms with van der Waals surface area (Å²) in [5.74, 6) is 1.68. The largest absolute Gasteiger partial charge is 0.490 e. The van der Waals surface area contributed by atoms with Gasteiger partial charge in [-0.2, -0.15) is 0 Å². The van der Waals surface area contributed by atoms with Gasteiger partial charge < -0.3 is 19.7 Å². The molecule has 7 heteroatoms. The van der Waals surface area contributed by atoms with E-state index in [9.17, 15) is 10.2 Å². The Hall–Kier alpha value is -3.06. The molecule has 4 aromatic carbocycles. The fourth-order valence-electron chi connectivity index (χ4n) is 4.96. The average Bonchev–Trinajstić information content (AvgIpc) is 2.99. The van der Waals surface area contributed by atoms with Crippen LogP contribution in [0, 0.1) is 0 Å². The molecule has 0 saturated carbocycles. The minimum Gasteiger partial charge on any atom is -0.490 e. The summed E-state index contributed by atoms with van der Waals surface area (Å²) in [5, 5.41) is 23.3. The molecule has 5 nitrogen and oxygen atoms in total. The van der Waals surface area contributed by atoms with Gasteiger partial charge in [-0.15, -0.1) is 0 Å². The summed E-state index contributed by atoms with van der Waals surface area (Å²) in [6.07, 6.45) is 0.120. The summed E-state index contributed by atoms with van der Waals surface area (Å²) in [6.45, 7) is 5.80. The van der Waals surface area contributed by atoms with Gasteiger partial charge in [-0.1, -0.05) is 84.7 Å². The Morgan fingerprint density at radius 2 is 1.29 bits per heavy atom. The van der Waals surface area contributed by atoms with Crippen LogP contribution in [0.3, 0.4) is 0 Å². The Kier molecular flexibility index (Phi) is 12.1. The number of aliphatic hydroxyl groups excluding tert-OH is 2. The van der Waals surface area contributed by atoms with Crippen LogP contribution in [0.1, 0.15) is 48.3 Å². The van der Waals surface area contributed by atoms with Crippen molar-refractivity contribution in [1.29, 1.82) is 0 Å². The number of para-hydroxylation sites is 1. The molecule has 0 aliphatic rings. The first-order valence-electron chi connectivity index (χ1n) is 14.4. The third kappa shape index (κ3) is 9.48. The zero-order valence-electron chi connectivity index (χ0n) is 24.1. The number of hydrogen-bond acceptors (Lipinski definition) is 5. The molecule has 0 saturated heterocycles. The molecular formula is C35H39Cl2NO4. The van der Waals surface area contributed by atoms with Crippen LogP contribution < -0.4 is 9.47 Å². The number of benzene rings is 4. The highest BCUT2D eigenvalue weighted by Gasteiger charge is 2.23. The predicted octanol–water partition coefficient (Wildman–Crippen LogP) is 7.71. The molecule has 222 valence electrons. The maximum absolute atomic E-state index is 11.1. The van der Waals surface area contributed by atoms with Crippen molar-refractivity contribution in [3.8, 4) is 11.5 Å². The maximum Gasteiger partial charge on any atom is 0.122 e. The molecule has 0 aliphatic carbocycles. The van der Waals surface area contributed by atoms with Gasteiger partial charge in [0.1, 0.15) is 24.7 Å². The molecule has 0 aliphatic heterocycles. The molecular weight excluding hydrogens is 569 g/mol. The molecule has 42 heavy (non-hydrogen) atoms. The molecule has 0 spiro atoms. The lowest BCUT2D eigenvalue weighted by molar-refractivity contribution is 0.0480. The molecule has 0 fully saturated rings. The average molecular weight is 609 g/mol. The second kappa shape index (κ2) is 16.0. The molecule has 0 unspecified atom stereocenters. The predicted molar refractivity (Wildman–Crippen MR) is 171 cm³/mol. The highest BCUT2D eigenvalue weighted by atomic mass is 35.5. The summed E-state index contributed by atoms with van der Waals surface area (Å²) in [6, 6.07) is 30.6. The zero-order valence-corrected chi connectivity index (χ0v) is 25.6. The van der Waals surface area contributed by atoms with Gasteiger partial charge in [0.05, 0.1) is 12.2 Å². The van der Waals surface area contributed by atoms with Gasteiger partial charge in [-0.3, -0.25) is 4.90 Å². The highest BCUT2D eigenvalue weighted by Crippen LogP contribution is 2.25. The molecule has 3 atom stereocenters. The quantitative estimate of drug-likeness (QED) is 0.135. The lowest BCUT2D eigenvalue weighted by atomic mass is 10.0. The molecule has 4 rings (SSSR count). The van der Waals surface area contributed by atoms with Crippen molar-refractivity contribution < 1.29 is 19.7 Å². The molecule has 2 N–H and O–H groups in total. The van der Waals surface area contributed by atoms with Crippen molar-refractivity contribution in [2.24, 2.45) is 0 Å². The summed E-state index contributed by atoms with van der Waals surface area (Å²) >= 11 is 12.3. The highest BCUT2D eigenvalue weighted by molar-refractivity contribution is 6.30. The van der Waals surface area contributed by atoms with Crippen molar-refractivity contribution in [2.45, 2.75) is 44.9 Å². The smallest absolute Gasteiger partial charge is 0.122 e. The number of hydrogen-bond donors (Lipinski definition) is 2. The Morgan fingerprint density at radius 3 is 1.86 bits per heavy atom. The van der Waals surface area contributed by atoms with E-state index in [4.69, 9.17) is 32.7 Å². The van der Waals surface area contributed by atoms with Crippen molar-refractivity contribution >= 4 is 23.2 Å². The number of aryl methyl sites for hydroxylation is 1. The Bertz CT molecular complexity index is 1340. The third-order valence-electron chi connectivity index (χ3n) is 7.32. The summed E-state index contributed by atoms with van der Waals surface area (Å²) < 4.78 is 11.8. The van der Waals surface area contributed by atoms with Crippen LogP contribution in [-0.4, -0.2) is 47.5 Å². The maximum atomic E-state index is 11.1. The Morgan fingerprint density at radius 1 is 0.714 bits per heavy atom. The van der Waals surface area contributed by atoms with Gasteiger partial charge in [0.15, 0.2) is 0 Å². The normalized spacial score (nSPS) is 13.5. The summed E-state index contributed by atoms with van der Waals surface area (Å²) in [7, 11) is 0. The molecule has 0 bridgehead atoms. The van der Waals surface area contributed by atoms with E-state index in [1.165, 1.54) is 5.56 Å². The second-order valence-corrected chi connectivity index (χ2v) is 11.3. The van der Waals surface area contributed by atoms with Crippen LogP contribution in [0.25, 0.3) is 0 Å². The number of halogens is 2. The lowest BCUT2D eigenvalue weighted by Gasteiger charge is -2.33. The monoisotopic (exact) mass is 607 g/mol. The first-order valence-corrected chi connectivity index (χ1v) is 15.1. The summed E-state index contributed by atoms with van der Waals surface area (Å²) in [4.78, 5) is 2.10. The molecule has 0 amide bonds. The first-order chi connectivity index (χ1) is 20.3. The van der Waals surface area contributed by atoms with Crippen LogP contribution in [-0.2, 0) is 12.8 Å². The van der Waals surface area contributed by atoms with Crippen LogP contribution in [0.4, 0.5) is 0 Å². The van der Waals surface area contributed by atoms with Crippen LogP contribution in [0.15, 0.2) is 97.1 Å². The number of nitrogens with zero attached hydrogens (tertiary/aromatic N) is 1. The van der Waals surface area contributed by atoms with E-state index in [0.29, 0.717) is 36.3 Å². The summed E-state index contributed by atoms with van der Waals surface area (Å²) in [5.41, 5.74) is 3.79. The van der Waals surface area contributed by atoms with Crippen molar-refractivity contribution in [3.63, 3.8) is 0 Å². The van der Waals surface area contributed by atoms with E-state index < -0.39 is 12.2 Å². The number of rotatable bonds is 15. The fourth-order valence-corrected chi connectivity index (χ4v) is 5.35. The second-order valence-electron chi connectivity index (χ2n) is 10.5. The van der Waals surface area contributed by atoms with Crippen LogP contribution in [0.2, 0.25) is 10.0 Å². The standard InChI is InChI=1S/C35H39Cl2NO4/c1-3-27-8-4-5-13-35(27)42-19-18-41-32-16-14-26(15-17-32)20-25(2)38(23-33(39)28-9-6-11-30(36)21-28)24-34(40)29-10-7-12-31(37)22-29/h4-17,21-22,25,33-34,39-40H,3,18-20,23-24H2,1-2H3/t25-,33-,34+/m0/s1. The van der Waals surface area contributed by atoms with Gasteiger partial charge in [-0.05, 0) is 84.5 Å². The van der Waals surface area contributed by atoms with Crippen LogP contribution in [0.5, 0.6) is 11.5 Å². The minimum absolute atomic E-state index is 0.0199. The van der Waals surface area contributed by atoms with Gasteiger partial charge >= 0.3 is 0 Å². The minimum atomic E-state index is -0.764. The SMILES string of the molecule is CCc1ccccc1OCCOc1ccc(C[C@H](C)N(C[C@@H](O)c2cccc(Cl)c2)C[C@H](O)c2cccc(Cl)c2)cc1. The van der Waals surface area contributed by atoms with E-state index in [-0.39, 0.29) is 6.04 Å². The van der Waals surface area contributed by atoms with E-state index in [1.807, 2.05) is 54.6 Å². The van der Waals surface area contributed by atoms with Gasteiger partial charge in [0, 0.05) is 29.2 Å². The Balaban J connectivity index is 1.37. The van der Waals surface area contributed by atoms with Gasteiger partial charge in [0.2, 0.25) is 0 Å². The third-order valence-corrected chi connectivity index (χ3v) is 7.79. The lowest BCUT2D eigenvalue weighted by Crippen LogP contribution is -2.40. The number of ether oxygens (including phenoxy) is 2. The van der Waals surface area contributed by atoms with E-state index in [2.05, 4.69) is 36.9 Å². The molecule has 4 aromatic rings. The van der Waals surface area contributed by atoms with Gasteiger partial charge in [-0.25, -0.2) is 0 Å². The number of aliphatic hydroxyl groups is 2. The van der Waals surface area contributed by atoms with Crippen molar-refractivity contribution in [3.05, 3.63) is 129 Å². The molecule has 0 aromatic heterocycles. The van der Waals surface area contributed by atoms with Crippen molar-refractivity contribution in [1.82, 2.24) is 4.90 Å². The van der Waals surface area contributed by atoms with E-state index >= 15 is 0 Å². The van der Waals surface area contributed by atoms with Crippen LogP contribution >= 0.6 is 23.2 Å². The Labute approximate surface area is 259 Å². The fraction of sp³-hybridized carbons (Fsp3) is 0.314. The van der Waals surface area contributed by atoms with E-state index in [1.54, 1.807) is 24.3 Å². The van der Waals surface area contributed by atoms with Gasteiger partial charge in [0.25, 0.3) is 0 Å². The van der Waals surface area contributed by atoms with Crippen molar-refractivity contribution in [2.75, 3.05) is 26.3 Å². The molecule has 0 radical (unpaired) electrons. The topological polar surface area (TPSA) is 62.2 Å². The zero-order chi connectivity index (χ0) is 29.9. The van der Waals surface area contributed by atoms with E-state index in [0.717, 1.165) is 41.0 Å². The first kappa shape index (κ1) is 31.9.